The van der Waals surface area contributed by atoms with Crippen LogP contribution in [0.5, 0.6) is 0 Å². The van der Waals surface area contributed by atoms with E-state index in [0.717, 1.165) is 17.9 Å². The number of piperazine rings is 1. The summed E-state index contributed by atoms with van der Waals surface area (Å²) >= 11 is 12.8. The van der Waals surface area contributed by atoms with Gasteiger partial charge in [0.2, 0.25) is 17.6 Å². The van der Waals surface area contributed by atoms with Crippen molar-refractivity contribution in [3.63, 3.8) is 0 Å². The van der Waals surface area contributed by atoms with E-state index in [0.29, 0.717) is 46.2 Å². The van der Waals surface area contributed by atoms with Gasteiger partial charge in [-0.05, 0) is 36.4 Å². The van der Waals surface area contributed by atoms with Crippen molar-refractivity contribution in [2.75, 3.05) is 29.9 Å². The molecular formula is C24H18Cl2N8O2. The van der Waals surface area contributed by atoms with Crippen LogP contribution >= 0.6 is 23.2 Å². The first kappa shape index (κ1) is 22.3. The monoisotopic (exact) mass is 520 g/mol. The maximum absolute atomic E-state index is 13.5. The van der Waals surface area contributed by atoms with Crippen molar-refractivity contribution in [2.24, 2.45) is 0 Å². The smallest absolute Gasteiger partial charge is 0.270 e. The second-order valence-electron chi connectivity index (χ2n) is 8.18. The van der Waals surface area contributed by atoms with Crippen LogP contribution in [0.15, 0.2) is 65.8 Å². The number of nitrogens with zero attached hydrogens (tertiary/aromatic N) is 6. The lowest BCUT2D eigenvalue weighted by Gasteiger charge is -2.28. The summed E-state index contributed by atoms with van der Waals surface area (Å²) in [4.78, 5) is 40.5. The lowest BCUT2D eigenvalue weighted by Crippen LogP contribution is -2.47. The van der Waals surface area contributed by atoms with Crippen molar-refractivity contribution in [2.45, 2.75) is 0 Å². The van der Waals surface area contributed by atoms with Crippen molar-refractivity contribution < 1.29 is 4.79 Å². The summed E-state index contributed by atoms with van der Waals surface area (Å²) in [6.45, 7) is 1.71. The molecule has 5 aromatic rings. The second-order valence-corrected chi connectivity index (χ2v) is 9.00. The van der Waals surface area contributed by atoms with Gasteiger partial charge in [0.15, 0.2) is 5.65 Å². The van der Waals surface area contributed by atoms with Gasteiger partial charge in [-0.3, -0.25) is 14.0 Å². The fourth-order valence-corrected chi connectivity index (χ4v) is 4.82. The third-order valence-corrected chi connectivity index (χ3v) is 6.55. The van der Waals surface area contributed by atoms with Crippen LogP contribution in [0.2, 0.25) is 10.0 Å². The molecule has 1 amide bonds. The maximum atomic E-state index is 13.5. The summed E-state index contributed by atoms with van der Waals surface area (Å²) < 4.78 is 3.05. The number of carbonyl (C=O) groups excluding carboxylic acids is 1. The minimum atomic E-state index is -0.389. The molecule has 3 aromatic heterocycles. The number of benzene rings is 2. The predicted octanol–water partition coefficient (Wildman–Crippen LogP) is 3.42. The van der Waals surface area contributed by atoms with E-state index < -0.39 is 0 Å². The van der Waals surface area contributed by atoms with Gasteiger partial charge in [-0.15, -0.1) is 0 Å². The molecule has 36 heavy (non-hydrogen) atoms. The van der Waals surface area contributed by atoms with Crippen LogP contribution in [0.4, 0.5) is 17.3 Å². The fourth-order valence-electron chi connectivity index (χ4n) is 4.25. The summed E-state index contributed by atoms with van der Waals surface area (Å²) in [6, 6.07) is 12.7. The first-order chi connectivity index (χ1) is 17.5. The average molecular weight is 521 g/mol. The number of amides is 1. The summed E-state index contributed by atoms with van der Waals surface area (Å²) in [6.07, 6.45) is 4.75. The van der Waals surface area contributed by atoms with Gasteiger partial charge < -0.3 is 15.5 Å². The zero-order valence-electron chi connectivity index (χ0n) is 18.7. The third-order valence-electron chi connectivity index (χ3n) is 5.94. The van der Waals surface area contributed by atoms with E-state index in [1.54, 1.807) is 35.0 Å². The van der Waals surface area contributed by atoms with Gasteiger partial charge in [-0.1, -0.05) is 29.3 Å². The summed E-state index contributed by atoms with van der Waals surface area (Å²) in [7, 11) is 0. The van der Waals surface area contributed by atoms with E-state index in [1.807, 2.05) is 29.2 Å². The molecule has 0 atom stereocenters. The van der Waals surface area contributed by atoms with E-state index in [1.165, 1.54) is 10.8 Å². The Morgan fingerprint density at radius 2 is 1.78 bits per heavy atom. The van der Waals surface area contributed by atoms with E-state index in [4.69, 9.17) is 23.2 Å². The number of carbonyl (C=O) groups is 1. The lowest BCUT2D eigenvalue weighted by molar-refractivity contribution is -0.120. The van der Waals surface area contributed by atoms with E-state index >= 15 is 0 Å². The van der Waals surface area contributed by atoms with Gasteiger partial charge in [0, 0.05) is 43.1 Å². The summed E-state index contributed by atoms with van der Waals surface area (Å²) in [5.41, 5.74) is 2.06. The van der Waals surface area contributed by atoms with Gasteiger partial charge >= 0.3 is 0 Å². The van der Waals surface area contributed by atoms with Crippen LogP contribution in [-0.2, 0) is 4.79 Å². The molecule has 0 saturated carbocycles. The number of rotatable bonds is 4. The molecule has 0 aliphatic carbocycles. The van der Waals surface area contributed by atoms with Crippen molar-refractivity contribution in [1.82, 2.24) is 29.2 Å². The third kappa shape index (κ3) is 3.80. The molecule has 4 heterocycles. The average Bonchev–Trinajstić information content (AvgIpc) is 3.36. The minimum absolute atomic E-state index is 0.00898. The van der Waals surface area contributed by atoms with E-state index in [-0.39, 0.29) is 16.9 Å². The van der Waals surface area contributed by atoms with Crippen LogP contribution in [0.25, 0.3) is 22.5 Å². The number of hydrogen-bond acceptors (Lipinski definition) is 7. The molecule has 0 unspecified atom stereocenters. The second kappa shape index (κ2) is 8.81. The zero-order chi connectivity index (χ0) is 24.8. The maximum Gasteiger partial charge on any atom is 0.270 e. The van der Waals surface area contributed by atoms with E-state index in [2.05, 4.69) is 25.6 Å². The Hall–Kier alpha value is -4.15. The highest BCUT2D eigenvalue weighted by molar-refractivity contribution is 6.37. The molecule has 0 bridgehead atoms. The lowest BCUT2D eigenvalue weighted by atomic mass is 10.2. The number of halogens is 2. The normalized spacial score (nSPS) is 13.8. The SMILES string of the molecule is O=C1CN(c2ccc(Nc3ncc4c(=O)n(-c5c(Cl)cccc5Cl)c5nccn5c4n3)cc2)CCN1. The molecule has 1 saturated heterocycles. The Kier molecular flexibility index (Phi) is 5.46. The van der Waals surface area contributed by atoms with Gasteiger partial charge in [0.25, 0.3) is 5.56 Å². The van der Waals surface area contributed by atoms with Crippen LogP contribution < -0.4 is 21.1 Å². The Morgan fingerprint density at radius 1 is 1.00 bits per heavy atom. The fraction of sp³-hybridized carbons (Fsp3) is 0.125. The van der Waals surface area contributed by atoms with Crippen LogP contribution in [0.3, 0.4) is 0 Å². The molecule has 0 spiro atoms. The predicted molar refractivity (Wildman–Crippen MR) is 139 cm³/mol. The number of para-hydroxylation sites is 1. The Bertz CT molecular complexity index is 1680. The number of anilines is 3. The largest absolute Gasteiger partial charge is 0.360 e. The Balaban J connectivity index is 1.38. The molecule has 0 radical (unpaired) electrons. The summed E-state index contributed by atoms with van der Waals surface area (Å²) in [5, 5.41) is 6.91. The zero-order valence-corrected chi connectivity index (χ0v) is 20.2. The molecule has 180 valence electrons. The number of aromatic nitrogens is 5. The molecule has 2 aromatic carbocycles. The van der Waals surface area contributed by atoms with E-state index in [9.17, 15) is 9.59 Å². The molecule has 10 nitrogen and oxygen atoms in total. The molecule has 12 heteroatoms. The topological polar surface area (TPSA) is 109 Å². The van der Waals surface area contributed by atoms with Gasteiger partial charge in [0.05, 0.1) is 22.3 Å². The van der Waals surface area contributed by atoms with Crippen molar-refractivity contribution >= 4 is 63.2 Å². The molecule has 2 N–H and O–H groups in total. The molecule has 1 aliphatic heterocycles. The van der Waals surface area contributed by atoms with Gasteiger partial charge in [-0.2, -0.15) is 4.98 Å². The Labute approximate surface area is 214 Å². The van der Waals surface area contributed by atoms with Crippen molar-refractivity contribution in [1.29, 1.82) is 0 Å². The number of fused-ring (bicyclic) bond motifs is 3. The van der Waals surface area contributed by atoms with Crippen molar-refractivity contribution in [3.05, 3.63) is 81.5 Å². The first-order valence-corrected chi connectivity index (χ1v) is 11.8. The first-order valence-electron chi connectivity index (χ1n) is 11.1. The minimum Gasteiger partial charge on any atom is -0.360 e. The summed E-state index contributed by atoms with van der Waals surface area (Å²) in [5.74, 6) is 0.646. The highest BCUT2D eigenvalue weighted by Gasteiger charge is 2.20. The number of imidazole rings is 1. The van der Waals surface area contributed by atoms with Gasteiger partial charge in [-0.25, -0.2) is 14.5 Å². The van der Waals surface area contributed by atoms with Gasteiger partial charge in [0.1, 0.15) is 5.39 Å². The molecule has 1 fully saturated rings. The number of nitrogens with one attached hydrogen (secondary N) is 2. The molecular weight excluding hydrogens is 503 g/mol. The highest BCUT2D eigenvalue weighted by atomic mass is 35.5. The van der Waals surface area contributed by atoms with Crippen LogP contribution in [0.1, 0.15) is 0 Å². The standard InChI is InChI=1S/C24H18Cl2N8O2/c25-17-2-1-3-18(26)20(17)34-22(36)16-12-29-23(31-21(16)33-11-9-28-24(33)34)30-14-4-6-15(7-5-14)32-10-8-27-19(35)13-32/h1-7,9,11-12H,8,10,13H2,(H,27,35)(H,29,30,31). The molecule has 1 aliphatic rings. The van der Waals surface area contributed by atoms with Crippen LogP contribution in [-0.4, -0.2) is 49.5 Å². The Morgan fingerprint density at radius 3 is 2.53 bits per heavy atom. The number of hydrogen-bond donors (Lipinski definition) is 2. The van der Waals surface area contributed by atoms with Crippen molar-refractivity contribution in [3.8, 4) is 5.69 Å². The molecule has 6 rings (SSSR count). The quantitative estimate of drug-likeness (QED) is 0.373. The van der Waals surface area contributed by atoms with Crippen LogP contribution in [0, 0.1) is 0 Å². The highest BCUT2D eigenvalue weighted by Crippen LogP contribution is 2.29.